The molecule has 4 heteroatoms. The molecule has 92 valence electrons. The van der Waals surface area contributed by atoms with E-state index in [2.05, 4.69) is 0 Å². The van der Waals surface area contributed by atoms with Gasteiger partial charge in [-0.2, -0.15) is 0 Å². The lowest BCUT2D eigenvalue weighted by Gasteiger charge is -2.26. The van der Waals surface area contributed by atoms with Crippen molar-refractivity contribution in [3.63, 3.8) is 0 Å². The number of nitrogen functional groups attached to an aromatic ring is 1. The van der Waals surface area contributed by atoms with Gasteiger partial charge in [-0.25, -0.2) is 4.79 Å². The number of carbonyl (C=O) groups is 1. The lowest BCUT2D eigenvalue weighted by Crippen LogP contribution is -2.42. The molecule has 1 heterocycles. The van der Waals surface area contributed by atoms with Gasteiger partial charge in [0.25, 0.3) is 0 Å². The van der Waals surface area contributed by atoms with Crippen molar-refractivity contribution in [3.8, 4) is 0 Å². The van der Waals surface area contributed by atoms with Crippen LogP contribution in [0.2, 0.25) is 0 Å². The Labute approximate surface area is 102 Å². The van der Waals surface area contributed by atoms with E-state index in [-0.39, 0.29) is 6.03 Å². The molecule has 1 aromatic rings. The number of urea groups is 1. The van der Waals surface area contributed by atoms with Crippen molar-refractivity contribution in [1.29, 1.82) is 0 Å². The molecular weight excluding hydrogens is 214 g/mol. The first-order valence-electron chi connectivity index (χ1n) is 6.12. The van der Waals surface area contributed by atoms with E-state index in [4.69, 9.17) is 5.73 Å². The summed E-state index contributed by atoms with van der Waals surface area (Å²) in [5.74, 6) is 0. The maximum absolute atomic E-state index is 12.3. The summed E-state index contributed by atoms with van der Waals surface area (Å²) in [6.07, 6.45) is 0.896. The molecular formula is C13H19N3O. The minimum absolute atomic E-state index is 0.0959. The third-order valence-electron chi connectivity index (χ3n) is 3.26. The minimum atomic E-state index is 0.0959. The molecule has 2 N–H and O–H groups in total. The van der Waals surface area contributed by atoms with E-state index < -0.39 is 0 Å². The van der Waals surface area contributed by atoms with Crippen molar-refractivity contribution in [1.82, 2.24) is 4.90 Å². The van der Waals surface area contributed by atoms with E-state index in [1.807, 2.05) is 41.8 Å². The second-order valence-electron chi connectivity index (χ2n) is 4.24. The SMILES string of the molecule is CCN(CC)C(=O)N1CCc2cc(N)ccc21. The van der Waals surface area contributed by atoms with Crippen molar-refractivity contribution in [2.75, 3.05) is 30.3 Å². The second kappa shape index (κ2) is 4.65. The van der Waals surface area contributed by atoms with E-state index in [0.29, 0.717) is 0 Å². The largest absolute Gasteiger partial charge is 0.399 e. The van der Waals surface area contributed by atoms with Crippen molar-refractivity contribution in [2.24, 2.45) is 0 Å². The zero-order valence-electron chi connectivity index (χ0n) is 10.4. The maximum Gasteiger partial charge on any atom is 0.324 e. The Kier molecular flexibility index (Phi) is 3.22. The van der Waals surface area contributed by atoms with Gasteiger partial charge >= 0.3 is 6.03 Å². The lowest BCUT2D eigenvalue weighted by molar-refractivity contribution is 0.210. The van der Waals surface area contributed by atoms with Crippen LogP contribution >= 0.6 is 0 Å². The lowest BCUT2D eigenvalue weighted by atomic mass is 10.1. The van der Waals surface area contributed by atoms with Gasteiger partial charge in [-0.15, -0.1) is 0 Å². The quantitative estimate of drug-likeness (QED) is 0.795. The van der Waals surface area contributed by atoms with Gasteiger partial charge < -0.3 is 10.6 Å². The highest BCUT2D eigenvalue weighted by Crippen LogP contribution is 2.30. The fraction of sp³-hybridized carbons (Fsp3) is 0.462. The number of hydrogen-bond acceptors (Lipinski definition) is 2. The molecule has 1 aromatic carbocycles. The molecule has 0 saturated carbocycles. The van der Waals surface area contributed by atoms with Crippen LogP contribution in [-0.2, 0) is 6.42 Å². The maximum atomic E-state index is 12.3. The molecule has 2 amide bonds. The van der Waals surface area contributed by atoms with E-state index in [1.165, 1.54) is 5.56 Å². The number of fused-ring (bicyclic) bond motifs is 1. The Morgan fingerprint density at radius 2 is 2.12 bits per heavy atom. The Bertz CT molecular complexity index is 427. The molecule has 4 nitrogen and oxygen atoms in total. The van der Waals surface area contributed by atoms with Crippen molar-refractivity contribution >= 4 is 17.4 Å². The molecule has 0 spiro atoms. The average molecular weight is 233 g/mol. The first kappa shape index (κ1) is 11.8. The normalized spacial score (nSPS) is 13.6. The fourth-order valence-corrected chi connectivity index (χ4v) is 2.29. The molecule has 0 saturated heterocycles. The third-order valence-corrected chi connectivity index (χ3v) is 3.26. The minimum Gasteiger partial charge on any atom is -0.399 e. The smallest absolute Gasteiger partial charge is 0.324 e. The highest BCUT2D eigenvalue weighted by atomic mass is 16.2. The van der Waals surface area contributed by atoms with Crippen molar-refractivity contribution < 1.29 is 4.79 Å². The molecule has 0 aliphatic carbocycles. The number of nitrogens with two attached hydrogens (primary N) is 1. The molecule has 0 atom stereocenters. The van der Waals surface area contributed by atoms with Gasteiger partial charge in [-0.05, 0) is 44.0 Å². The summed E-state index contributed by atoms with van der Waals surface area (Å²) in [6, 6.07) is 5.86. The molecule has 0 radical (unpaired) electrons. The van der Waals surface area contributed by atoms with Crippen LogP contribution in [-0.4, -0.2) is 30.6 Å². The van der Waals surface area contributed by atoms with Gasteiger partial charge in [0.2, 0.25) is 0 Å². The van der Waals surface area contributed by atoms with Crippen molar-refractivity contribution in [2.45, 2.75) is 20.3 Å². The first-order chi connectivity index (χ1) is 8.17. The van der Waals surface area contributed by atoms with E-state index in [9.17, 15) is 4.79 Å². The van der Waals surface area contributed by atoms with Gasteiger partial charge in [0.05, 0.1) is 0 Å². The monoisotopic (exact) mass is 233 g/mol. The molecule has 1 aliphatic rings. The second-order valence-corrected chi connectivity index (χ2v) is 4.24. The summed E-state index contributed by atoms with van der Waals surface area (Å²) < 4.78 is 0. The molecule has 0 aromatic heterocycles. The Balaban J connectivity index is 2.24. The van der Waals surface area contributed by atoms with E-state index in [0.717, 1.165) is 37.4 Å². The predicted molar refractivity (Wildman–Crippen MR) is 70.2 cm³/mol. The van der Waals surface area contributed by atoms with Crippen LogP contribution in [0.15, 0.2) is 18.2 Å². The Morgan fingerprint density at radius 3 is 2.76 bits per heavy atom. The number of amides is 2. The summed E-state index contributed by atoms with van der Waals surface area (Å²) in [7, 11) is 0. The van der Waals surface area contributed by atoms with Crippen LogP contribution < -0.4 is 10.6 Å². The Hall–Kier alpha value is -1.71. The zero-order chi connectivity index (χ0) is 12.4. The summed E-state index contributed by atoms with van der Waals surface area (Å²) in [4.78, 5) is 16.0. The first-order valence-corrected chi connectivity index (χ1v) is 6.12. The summed E-state index contributed by atoms with van der Waals surface area (Å²) >= 11 is 0. The number of rotatable bonds is 2. The number of nitrogens with zero attached hydrogens (tertiary/aromatic N) is 2. The number of carbonyl (C=O) groups excluding carboxylic acids is 1. The average Bonchev–Trinajstić information content (AvgIpc) is 2.73. The summed E-state index contributed by atoms with van der Waals surface area (Å²) in [5, 5.41) is 0. The molecule has 0 fully saturated rings. The van der Waals surface area contributed by atoms with Crippen LogP contribution in [0.3, 0.4) is 0 Å². The zero-order valence-corrected chi connectivity index (χ0v) is 10.4. The van der Waals surface area contributed by atoms with Crippen LogP contribution in [0.4, 0.5) is 16.2 Å². The van der Waals surface area contributed by atoms with Gasteiger partial charge in [-0.3, -0.25) is 4.90 Å². The van der Waals surface area contributed by atoms with Gasteiger partial charge in [-0.1, -0.05) is 0 Å². The molecule has 0 unspecified atom stereocenters. The number of benzene rings is 1. The summed E-state index contributed by atoms with van der Waals surface area (Å²) in [6.45, 7) is 6.25. The van der Waals surface area contributed by atoms with Gasteiger partial charge in [0.1, 0.15) is 0 Å². The van der Waals surface area contributed by atoms with E-state index in [1.54, 1.807) is 0 Å². The van der Waals surface area contributed by atoms with Crippen LogP contribution in [0.5, 0.6) is 0 Å². The van der Waals surface area contributed by atoms with Crippen LogP contribution in [0.1, 0.15) is 19.4 Å². The topological polar surface area (TPSA) is 49.6 Å². The number of hydrogen-bond donors (Lipinski definition) is 1. The van der Waals surface area contributed by atoms with Gasteiger partial charge in [0.15, 0.2) is 0 Å². The molecule has 17 heavy (non-hydrogen) atoms. The number of anilines is 2. The molecule has 0 bridgehead atoms. The fourth-order valence-electron chi connectivity index (χ4n) is 2.29. The van der Waals surface area contributed by atoms with Gasteiger partial charge in [0, 0.05) is 31.0 Å². The standard InChI is InChI=1S/C13H19N3O/c1-3-15(4-2)13(17)16-8-7-10-9-11(14)5-6-12(10)16/h5-6,9H,3-4,7-8,14H2,1-2H3. The summed E-state index contributed by atoms with van der Waals surface area (Å²) in [5.41, 5.74) is 8.70. The highest BCUT2D eigenvalue weighted by molar-refractivity contribution is 5.94. The Morgan fingerprint density at radius 1 is 1.41 bits per heavy atom. The van der Waals surface area contributed by atoms with Crippen LogP contribution in [0, 0.1) is 0 Å². The molecule has 1 aliphatic heterocycles. The highest BCUT2D eigenvalue weighted by Gasteiger charge is 2.27. The van der Waals surface area contributed by atoms with Crippen LogP contribution in [0.25, 0.3) is 0 Å². The van der Waals surface area contributed by atoms with E-state index >= 15 is 0 Å². The third kappa shape index (κ3) is 2.07. The van der Waals surface area contributed by atoms with Crippen molar-refractivity contribution in [3.05, 3.63) is 23.8 Å². The predicted octanol–water partition coefficient (Wildman–Crippen LogP) is 2.09. The molecule has 2 rings (SSSR count).